The minimum atomic E-state index is 0.554. The molecule has 0 unspecified atom stereocenters. The van der Waals surface area contributed by atoms with Gasteiger partial charge in [0.2, 0.25) is 5.88 Å². The van der Waals surface area contributed by atoms with E-state index in [9.17, 15) is 0 Å². The van der Waals surface area contributed by atoms with E-state index in [2.05, 4.69) is 15.0 Å². The van der Waals surface area contributed by atoms with Crippen LogP contribution in [-0.4, -0.2) is 22.1 Å². The molecule has 0 N–H and O–H groups in total. The van der Waals surface area contributed by atoms with Crippen molar-refractivity contribution >= 4 is 0 Å². The lowest BCUT2D eigenvalue weighted by molar-refractivity contribution is 0.397. The second-order valence-electron chi connectivity index (χ2n) is 2.66. The summed E-state index contributed by atoms with van der Waals surface area (Å²) < 4.78 is 5.00. The second-order valence-corrected chi connectivity index (χ2v) is 2.66. The summed E-state index contributed by atoms with van der Waals surface area (Å²) in [6.07, 6.45) is 5.09. The molecule has 0 atom stereocenters. The average molecular weight is 187 g/mol. The molecule has 2 aromatic rings. The van der Waals surface area contributed by atoms with Gasteiger partial charge in [0.1, 0.15) is 0 Å². The summed E-state index contributed by atoms with van der Waals surface area (Å²) in [7, 11) is 1.58. The SMILES string of the molecule is COc1ccnc(-c2cccnc2)n1. The van der Waals surface area contributed by atoms with Gasteiger partial charge in [0.05, 0.1) is 7.11 Å². The number of ether oxygens (including phenoxy) is 1. The molecular weight excluding hydrogens is 178 g/mol. The van der Waals surface area contributed by atoms with E-state index >= 15 is 0 Å². The van der Waals surface area contributed by atoms with Crippen LogP contribution in [0, 0.1) is 0 Å². The number of aromatic nitrogens is 3. The van der Waals surface area contributed by atoms with Crippen LogP contribution < -0.4 is 4.74 Å². The molecule has 70 valence electrons. The monoisotopic (exact) mass is 187 g/mol. The van der Waals surface area contributed by atoms with Gasteiger partial charge in [-0.15, -0.1) is 0 Å². The summed E-state index contributed by atoms with van der Waals surface area (Å²) in [4.78, 5) is 12.3. The smallest absolute Gasteiger partial charge is 0.216 e. The average Bonchev–Trinajstić information content (AvgIpc) is 2.30. The lowest BCUT2D eigenvalue weighted by Gasteiger charge is -2.01. The van der Waals surface area contributed by atoms with E-state index < -0.39 is 0 Å². The second kappa shape index (κ2) is 3.83. The first-order valence-electron chi connectivity index (χ1n) is 4.17. The minimum Gasteiger partial charge on any atom is -0.481 e. The number of nitrogens with zero attached hydrogens (tertiary/aromatic N) is 3. The molecular formula is C10H9N3O. The summed E-state index contributed by atoms with van der Waals surface area (Å²) >= 11 is 0. The summed E-state index contributed by atoms with van der Waals surface area (Å²) in [5, 5.41) is 0. The largest absolute Gasteiger partial charge is 0.481 e. The third kappa shape index (κ3) is 1.69. The van der Waals surface area contributed by atoms with E-state index in [1.165, 1.54) is 0 Å². The fourth-order valence-electron chi connectivity index (χ4n) is 1.09. The van der Waals surface area contributed by atoms with Crippen molar-refractivity contribution in [1.29, 1.82) is 0 Å². The van der Waals surface area contributed by atoms with Crippen LogP contribution in [0.25, 0.3) is 11.4 Å². The Balaban J connectivity index is 2.42. The Hall–Kier alpha value is -1.97. The Morgan fingerprint density at radius 1 is 1.21 bits per heavy atom. The number of hydrogen-bond donors (Lipinski definition) is 0. The molecule has 0 aliphatic carbocycles. The summed E-state index contributed by atoms with van der Waals surface area (Å²) in [5.74, 6) is 1.18. The molecule has 4 nitrogen and oxygen atoms in total. The van der Waals surface area contributed by atoms with Crippen molar-refractivity contribution in [3.05, 3.63) is 36.8 Å². The number of rotatable bonds is 2. The third-order valence-electron chi connectivity index (χ3n) is 1.76. The van der Waals surface area contributed by atoms with Crippen LogP contribution >= 0.6 is 0 Å². The maximum atomic E-state index is 5.00. The van der Waals surface area contributed by atoms with E-state index in [4.69, 9.17) is 4.74 Å². The van der Waals surface area contributed by atoms with Crippen molar-refractivity contribution in [2.45, 2.75) is 0 Å². The van der Waals surface area contributed by atoms with Crippen molar-refractivity contribution in [2.75, 3.05) is 7.11 Å². The molecule has 0 saturated heterocycles. The van der Waals surface area contributed by atoms with Gasteiger partial charge in [0, 0.05) is 30.2 Å². The quantitative estimate of drug-likeness (QED) is 0.715. The zero-order valence-corrected chi connectivity index (χ0v) is 7.71. The predicted octanol–water partition coefficient (Wildman–Crippen LogP) is 1.55. The van der Waals surface area contributed by atoms with Crippen LogP contribution in [0.5, 0.6) is 5.88 Å². The van der Waals surface area contributed by atoms with Gasteiger partial charge < -0.3 is 4.74 Å². The predicted molar refractivity (Wildman–Crippen MR) is 51.8 cm³/mol. The van der Waals surface area contributed by atoms with E-state index in [-0.39, 0.29) is 0 Å². The van der Waals surface area contributed by atoms with Gasteiger partial charge in [-0.2, -0.15) is 4.98 Å². The lowest BCUT2D eigenvalue weighted by Crippen LogP contribution is -1.92. The van der Waals surface area contributed by atoms with Crippen molar-refractivity contribution in [1.82, 2.24) is 15.0 Å². The zero-order chi connectivity index (χ0) is 9.80. The molecule has 2 aromatic heterocycles. The van der Waals surface area contributed by atoms with Gasteiger partial charge in [-0.25, -0.2) is 4.98 Å². The highest BCUT2D eigenvalue weighted by Crippen LogP contribution is 2.14. The topological polar surface area (TPSA) is 47.9 Å². The molecule has 0 radical (unpaired) electrons. The summed E-state index contributed by atoms with van der Waals surface area (Å²) in [6, 6.07) is 5.46. The Morgan fingerprint density at radius 2 is 2.14 bits per heavy atom. The van der Waals surface area contributed by atoms with Crippen LogP contribution in [-0.2, 0) is 0 Å². The molecule has 2 heterocycles. The number of hydrogen-bond acceptors (Lipinski definition) is 4. The van der Waals surface area contributed by atoms with E-state index in [0.29, 0.717) is 11.7 Å². The van der Waals surface area contributed by atoms with Gasteiger partial charge >= 0.3 is 0 Å². The summed E-state index contributed by atoms with van der Waals surface area (Å²) in [6.45, 7) is 0. The molecule has 4 heteroatoms. The molecule has 0 amide bonds. The van der Waals surface area contributed by atoms with Gasteiger partial charge in [0.15, 0.2) is 5.82 Å². The molecule has 0 aliphatic rings. The Kier molecular flexibility index (Phi) is 2.36. The Morgan fingerprint density at radius 3 is 2.86 bits per heavy atom. The molecule has 0 spiro atoms. The number of pyridine rings is 1. The highest BCUT2D eigenvalue weighted by atomic mass is 16.5. The lowest BCUT2D eigenvalue weighted by atomic mass is 10.3. The minimum absolute atomic E-state index is 0.554. The van der Waals surface area contributed by atoms with E-state index in [1.807, 2.05) is 12.1 Å². The first-order chi connectivity index (χ1) is 6.90. The number of methoxy groups -OCH3 is 1. The van der Waals surface area contributed by atoms with Gasteiger partial charge in [-0.05, 0) is 12.1 Å². The normalized spacial score (nSPS) is 9.79. The molecule has 0 bridgehead atoms. The van der Waals surface area contributed by atoms with Crippen LogP contribution in [0.15, 0.2) is 36.8 Å². The van der Waals surface area contributed by atoms with Gasteiger partial charge in [-0.1, -0.05) is 0 Å². The van der Waals surface area contributed by atoms with Crippen molar-refractivity contribution in [3.8, 4) is 17.3 Å². The van der Waals surface area contributed by atoms with Crippen LogP contribution in [0.2, 0.25) is 0 Å². The fourth-order valence-corrected chi connectivity index (χ4v) is 1.09. The summed E-state index contributed by atoms with van der Waals surface area (Å²) in [5.41, 5.74) is 0.881. The van der Waals surface area contributed by atoms with E-state index in [0.717, 1.165) is 5.56 Å². The zero-order valence-electron chi connectivity index (χ0n) is 7.71. The Bertz CT molecular complexity index is 417. The first-order valence-corrected chi connectivity index (χ1v) is 4.17. The third-order valence-corrected chi connectivity index (χ3v) is 1.76. The maximum absolute atomic E-state index is 5.00. The van der Waals surface area contributed by atoms with Crippen molar-refractivity contribution < 1.29 is 4.74 Å². The molecule has 2 rings (SSSR count). The van der Waals surface area contributed by atoms with Gasteiger partial charge in [-0.3, -0.25) is 4.98 Å². The van der Waals surface area contributed by atoms with Gasteiger partial charge in [0.25, 0.3) is 0 Å². The molecule has 14 heavy (non-hydrogen) atoms. The maximum Gasteiger partial charge on any atom is 0.216 e. The first kappa shape index (κ1) is 8.62. The van der Waals surface area contributed by atoms with Crippen LogP contribution in [0.3, 0.4) is 0 Å². The molecule has 0 saturated carbocycles. The van der Waals surface area contributed by atoms with E-state index in [1.54, 1.807) is 31.8 Å². The molecule has 0 aliphatic heterocycles. The van der Waals surface area contributed by atoms with Crippen molar-refractivity contribution in [2.24, 2.45) is 0 Å². The molecule has 0 aromatic carbocycles. The molecule has 0 fully saturated rings. The Labute approximate surface area is 81.6 Å². The highest BCUT2D eigenvalue weighted by molar-refractivity contribution is 5.53. The standard InChI is InChI=1S/C10H9N3O/c1-14-9-4-6-12-10(13-9)8-3-2-5-11-7-8/h2-7H,1H3. The highest BCUT2D eigenvalue weighted by Gasteiger charge is 2.01. The fraction of sp³-hybridized carbons (Fsp3) is 0.100. The van der Waals surface area contributed by atoms with Crippen LogP contribution in [0.1, 0.15) is 0 Å². The van der Waals surface area contributed by atoms with Crippen molar-refractivity contribution in [3.63, 3.8) is 0 Å². The van der Waals surface area contributed by atoms with Crippen LogP contribution in [0.4, 0.5) is 0 Å².